The third-order valence-corrected chi connectivity index (χ3v) is 7.33. The van der Waals surface area contributed by atoms with E-state index in [4.69, 9.17) is 10.4 Å². The molecule has 0 aromatic carbocycles. The summed E-state index contributed by atoms with van der Waals surface area (Å²) in [5.74, 6) is 0.360. The first-order valence-corrected chi connectivity index (χ1v) is 13.7. The fourth-order valence-corrected chi connectivity index (χ4v) is 5.23. The monoisotopic (exact) mass is 533 g/mol. The van der Waals surface area contributed by atoms with E-state index in [0.29, 0.717) is 47.7 Å². The number of hydrogen-bond donors (Lipinski definition) is 5. The van der Waals surface area contributed by atoms with Crippen molar-refractivity contribution in [3.05, 3.63) is 62.2 Å². The van der Waals surface area contributed by atoms with Gasteiger partial charge in [0.15, 0.2) is 0 Å². The molecule has 0 bridgehead atoms. The maximum Gasteiger partial charge on any atom is 0.253 e. The number of aromatic nitrogens is 2. The van der Waals surface area contributed by atoms with Crippen LogP contribution in [0.15, 0.2) is 23.0 Å². The van der Waals surface area contributed by atoms with Gasteiger partial charge in [0.05, 0.1) is 11.3 Å². The third kappa shape index (κ3) is 6.62. The van der Waals surface area contributed by atoms with Crippen molar-refractivity contribution in [2.75, 3.05) is 31.5 Å². The molecule has 10 nitrogen and oxygen atoms in total. The van der Waals surface area contributed by atoms with Gasteiger partial charge in [0, 0.05) is 54.6 Å². The summed E-state index contributed by atoms with van der Waals surface area (Å²) in [6.45, 7) is 10.5. The van der Waals surface area contributed by atoms with E-state index in [2.05, 4.69) is 20.9 Å². The number of aryl methyl sites for hydroxylation is 2. The Labute approximate surface area is 229 Å². The summed E-state index contributed by atoms with van der Waals surface area (Å²) in [6.07, 6.45) is 5.53. The lowest BCUT2D eigenvalue weighted by Gasteiger charge is -2.32. The second kappa shape index (κ2) is 12.4. The molecule has 4 rings (SSSR count). The third-order valence-electron chi connectivity index (χ3n) is 7.33. The van der Waals surface area contributed by atoms with Gasteiger partial charge < -0.3 is 31.2 Å². The van der Waals surface area contributed by atoms with Crippen LogP contribution in [0.1, 0.15) is 71.5 Å². The Hall–Kier alpha value is -3.79. The molecule has 208 valence electrons. The van der Waals surface area contributed by atoms with E-state index in [0.717, 1.165) is 49.0 Å². The van der Waals surface area contributed by atoms with Crippen molar-refractivity contribution in [1.29, 1.82) is 5.41 Å². The van der Waals surface area contributed by atoms with Crippen molar-refractivity contribution >= 4 is 29.4 Å². The SMILES string of the molecule is Cc1cc(C)c(CNC(=O)c2cc(C3=CCN(C(=O)C4CCNCC4)CC3)nc(NC(C)C)c2C=N)c(=O)[nH]1. The highest BCUT2D eigenvalue weighted by atomic mass is 16.2. The highest BCUT2D eigenvalue weighted by molar-refractivity contribution is 6.05. The summed E-state index contributed by atoms with van der Waals surface area (Å²) in [6, 6.07) is 3.62. The molecule has 5 N–H and O–H groups in total. The predicted molar refractivity (Wildman–Crippen MR) is 153 cm³/mol. The number of carbonyl (C=O) groups excluding carboxylic acids is 2. The highest BCUT2D eigenvalue weighted by Gasteiger charge is 2.28. The number of pyridine rings is 2. The first-order chi connectivity index (χ1) is 18.7. The topological polar surface area (TPSA) is 143 Å². The van der Waals surface area contributed by atoms with Crippen molar-refractivity contribution in [2.24, 2.45) is 5.92 Å². The summed E-state index contributed by atoms with van der Waals surface area (Å²) < 4.78 is 0. The first-order valence-electron chi connectivity index (χ1n) is 13.7. The Morgan fingerprint density at radius 1 is 1.23 bits per heavy atom. The number of carbonyl (C=O) groups is 2. The number of H-pyrrole nitrogens is 1. The van der Waals surface area contributed by atoms with Crippen LogP contribution in [0.2, 0.25) is 0 Å². The smallest absolute Gasteiger partial charge is 0.253 e. The van der Waals surface area contributed by atoms with E-state index in [1.54, 1.807) is 6.07 Å². The van der Waals surface area contributed by atoms with Crippen LogP contribution in [0.25, 0.3) is 5.57 Å². The normalized spacial score (nSPS) is 16.1. The molecular weight excluding hydrogens is 494 g/mol. The maximum absolute atomic E-state index is 13.4. The lowest BCUT2D eigenvalue weighted by molar-refractivity contribution is -0.135. The lowest BCUT2D eigenvalue weighted by atomic mass is 9.94. The second-order valence-corrected chi connectivity index (χ2v) is 10.7. The quantitative estimate of drug-likeness (QED) is 0.330. The molecule has 2 aliphatic rings. The molecule has 0 spiro atoms. The molecule has 2 aliphatic heterocycles. The van der Waals surface area contributed by atoms with Crippen LogP contribution in [0.3, 0.4) is 0 Å². The molecule has 1 fully saturated rings. The number of hydrogen-bond acceptors (Lipinski definition) is 7. The minimum Gasteiger partial charge on any atom is -0.367 e. The number of rotatable bonds is 8. The summed E-state index contributed by atoms with van der Waals surface area (Å²) in [5.41, 5.74) is 4.14. The zero-order chi connectivity index (χ0) is 28.1. The van der Waals surface area contributed by atoms with Gasteiger partial charge in [-0.1, -0.05) is 6.08 Å². The average molecular weight is 534 g/mol. The molecule has 2 aromatic rings. The summed E-state index contributed by atoms with van der Waals surface area (Å²) in [5, 5.41) is 17.5. The number of nitrogens with zero attached hydrogens (tertiary/aromatic N) is 2. The fraction of sp³-hybridized carbons (Fsp3) is 0.483. The minimum atomic E-state index is -0.387. The first kappa shape index (κ1) is 28.2. The molecule has 2 amide bonds. The van der Waals surface area contributed by atoms with Gasteiger partial charge in [-0.25, -0.2) is 4.98 Å². The number of nitrogens with one attached hydrogen (secondary N) is 5. The molecule has 0 aliphatic carbocycles. The van der Waals surface area contributed by atoms with Crippen molar-refractivity contribution in [2.45, 2.75) is 59.5 Å². The predicted octanol–water partition coefficient (Wildman–Crippen LogP) is 2.75. The Balaban J connectivity index is 1.59. The van der Waals surface area contributed by atoms with Gasteiger partial charge in [0.2, 0.25) is 5.91 Å². The van der Waals surface area contributed by atoms with Crippen molar-refractivity contribution < 1.29 is 9.59 Å². The number of aromatic amines is 1. The van der Waals surface area contributed by atoms with Gasteiger partial charge in [-0.3, -0.25) is 14.4 Å². The number of amides is 2. The van der Waals surface area contributed by atoms with Crippen LogP contribution < -0.4 is 21.5 Å². The zero-order valence-electron chi connectivity index (χ0n) is 23.2. The van der Waals surface area contributed by atoms with Crippen LogP contribution in [-0.4, -0.2) is 65.1 Å². The van der Waals surface area contributed by atoms with Gasteiger partial charge in [0.1, 0.15) is 5.82 Å². The second-order valence-electron chi connectivity index (χ2n) is 10.7. The maximum atomic E-state index is 13.4. The van der Waals surface area contributed by atoms with E-state index < -0.39 is 0 Å². The van der Waals surface area contributed by atoms with Crippen molar-refractivity contribution in [1.82, 2.24) is 25.5 Å². The molecule has 0 unspecified atom stereocenters. The van der Waals surface area contributed by atoms with E-state index in [9.17, 15) is 14.4 Å². The van der Waals surface area contributed by atoms with Crippen LogP contribution in [-0.2, 0) is 11.3 Å². The lowest BCUT2D eigenvalue weighted by Crippen LogP contribution is -2.42. The summed E-state index contributed by atoms with van der Waals surface area (Å²) >= 11 is 0. The molecule has 2 aromatic heterocycles. The van der Waals surface area contributed by atoms with E-state index >= 15 is 0 Å². The largest absolute Gasteiger partial charge is 0.367 e. The number of piperidine rings is 1. The zero-order valence-corrected chi connectivity index (χ0v) is 23.2. The molecule has 0 radical (unpaired) electrons. The summed E-state index contributed by atoms with van der Waals surface area (Å²) in [7, 11) is 0. The average Bonchev–Trinajstić information content (AvgIpc) is 2.91. The molecular formula is C29H39N7O3. The standard InChI is InChI=1S/C29H39N7O3/c1-17(2)33-26-23(15-30)22(27(37)32-16-24-18(3)13-19(4)34-28(24)38)14-25(35-26)20-7-11-36(12-8-20)29(39)21-5-9-31-10-6-21/h7,13-15,17,21,30-31H,5-6,8-12,16H2,1-4H3,(H,32,37)(H,33,35)(H,34,38). The molecule has 0 atom stereocenters. The van der Waals surface area contributed by atoms with Crippen LogP contribution in [0, 0.1) is 25.2 Å². The van der Waals surface area contributed by atoms with Gasteiger partial charge in [-0.05, 0) is 83.3 Å². The fourth-order valence-electron chi connectivity index (χ4n) is 5.23. The van der Waals surface area contributed by atoms with Gasteiger partial charge in [-0.2, -0.15) is 0 Å². The number of anilines is 1. The van der Waals surface area contributed by atoms with Crippen LogP contribution in [0.5, 0.6) is 0 Å². The van der Waals surface area contributed by atoms with Crippen molar-refractivity contribution in [3.8, 4) is 0 Å². The van der Waals surface area contributed by atoms with E-state index in [-0.39, 0.29) is 35.9 Å². The summed E-state index contributed by atoms with van der Waals surface area (Å²) in [4.78, 5) is 48.3. The van der Waals surface area contributed by atoms with Crippen LogP contribution in [0.4, 0.5) is 5.82 Å². The van der Waals surface area contributed by atoms with Crippen molar-refractivity contribution in [3.63, 3.8) is 0 Å². The Kier molecular flexibility index (Phi) is 8.96. The Bertz CT molecular complexity index is 1340. The molecule has 39 heavy (non-hydrogen) atoms. The molecule has 10 heteroatoms. The Morgan fingerprint density at radius 3 is 2.59 bits per heavy atom. The highest BCUT2D eigenvalue weighted by Crippen LogP contribution is 2.28. The van der Waals surface area contributed by atoms with Gasteiger partial charge in [0.25, 0.3) is 11.5 Å². The minimum absolute atomic E-state index is 0.0366. The molecule has 4 heterocycles. The van der Waals surface area contributed by atoms with Gasteiger partial charge >= 0.3 is 0 Å². The molecule has 0 saturated carbocycles. The molecule has 1 saturated heterocycles. The van der Waals surface area contributed by atoms with Gasteiger partial charge in [-0.15, -0.1) is 0 Å². The van der Waals surface area contributed by atoms with Crippen LogP contribution >= 0.6 is 0 Å². The Morgan fingerprint density at radius 2 is 1.97 bits per heavy atom. The van der Waals surface area contributed by atoms with E-state index in [1.165, 1.54) is 0 Å². The van der Waals surface area contributed by atoms with E-state index in [1.807, 2.05) is 44.7 Å².